The van der Waals surface area contributed by atoms with Gasteiger partial charge in [0, 0.05) is 6.54 Å². The second kappa shape index (κ2) is 8.43. The lowest BCUT2D eigenvalue weighted by Gasteiger charge is -2.16. The zero-order valence-electron chi connectivity index (χ0n) is 8.73. The SMILES string of the molecule is CCCN=NNN(CCC)CC(=O)O. The molecule has 0 heterocycles. The van der Waals surface area contributed by atoms with E-state index in [2.05, 4.69) is 15.9 Å². The van der Waals surface area contributed by atoms with Gasteiger partial charge in [-0.15, -0.1) is 0 Å². The summed E-state index contributed by atoms with van der Waals surface area (Å²) >= 11 is 0. The molecule has 0 saturated carbocycles. The largest absolute Gasteiger partial charge is 0.480 e. The third-order valence-corrected chi connectivity index (χ3v) is 1.40. The molecule has 0 atom stereocenters. The lowest BCUT2D eigenvalue weighted by Crippen LogP contribution is -2.38. The minimum absolute atomic E-state index is 0.0705. The summed E-state index contributed by atoms with van der Waals surface area (Å²) in [6.07, 6.45) is 1.79. The first-order chi connectivity index (χ1) is 6.70. The van der Waals surface area contributed by atoms with Gasteiger partial charge in [0.25, 0.3) is 0 Å². The Bertz CT molecular complexity index is 184. The number of hydrogen-bond donors (Lipinski definition) is 2. The molecule has 0 aromatic rings. The third kappa shape index (κ3) is 7.48. The molecule has 0 aliphatic carbocycles. The molecule has 0 amide bonds. The van der Waals surface area contributed by atoms with Crippen LogP contribution in [-0.4, -0.2) is 35.7 Å². The predicted octanol–water partition coefficient (Wildman–Crippen LogP) is 1.06. The van der Waals surface area contributed by atoms with Crippen LogP contribution in [0.1, 0.15) is 26.7 Å². The number of hydrazine groups is 1. The highest BCUT2D eigenvalue weighted by Crippen LogP contribution is 1.87. The molecular formula is C8H18N4O2. The van der Waals surface area contributed by atoms with E-state index < -0.39 is 5.97 Å². The molecule has 6 heteroatoms. The maximum Gasteiger partial charge on any atom is 0.319 e. The molecule has 0 radical (unpaired) electrons. The van der Waals surface area contributed by atoms with Gasteiger partial charge in [0.15, 0.2) is 0 Å². The van der Waals surface area contributed by atoms with Crippen molar-refractivity contribution in [1.82, 2.24) is 10.5 Å². The van der Waals surface area contributed by atoms with E-state index in [1.807, 2.05) is 13.8 Å². The van der Waals surface area contributed by atoms with Gasteiger partial charge in [0.2, 0.25) is 0 Å². The van der Waals surface area contributed by atoms with Crippen LogP contribution in [0, 0.1) is 0 Å². The average Bonchev–Trinajstić information content (AvgIpc) is 2.12. The van der Waals surface area contributed by atoms with Crippen molar-refractivity contribution < 1.29 is 9.90 Å². The summed E-state index contributed by atoms with van der Waals surface area (Å²) in [7, 11) is 0. The molecule has 0 bridgehead atoms. The molecular weight excluding hydrogens is 184 g/mol. The molecule has 2 N–H and O–H groups in total. The Balaban J connectivity index is 3.77. The van der Waals surface area contributed by atoms with Gasteiger partial charge in [-0.3, -0.25) is 4.79 Å². The van der Waals surface area contributed by atoms with Crippen LogP contribution >= 0.6 is 0 Å². The molecule has 82 valence electrons. The molecule has 0 rings (SSSR count). The van der Waals surface area contributed by atoms with Gasteiger partial charge in [-0.05, 0) is 12.8 Å². The molecule has 0 fully saturated rings. The summed E-state index contributed by atoms with van der Waals surface area (Å²) in [5.41, 5.74) is 2.60. The van der Waals surface area contributed by atoms with E-state index in [1.165, 1.54) is 5.01 Å². The lowest BCUT2D eigenvalue weighted by atomic mass is 10.4. The van der Waals surface area contributed by atoms with E-state index in [9.17, 15) is 4.79 Å². The highest BCUT2D eigenvalue weighted by Gasteiger charge is 2.06. The van der Waals surface area contributed by atoms with Crippen molar-refractivity contribution in [2.24, 2.45) is 10.3 Å². The minimum atomic E-state index is -0.878. The minimum Gasteiger partial charge on any atom is -0.480 e. The standard InChI is InChI=1S/C8H18N4O2/c1-3-5-9-10-11-12(6-4-2)7-8(13)14/h3-7H2,1-2H3,(H,9,11)(H,13,14). The average molecular weight is 202 g/mol. The molecule has 14 heavy (non-hydrogen) atoms. The molecule has 0 spiro atoms. The molecule has 0 unspecified atom stereocenters. The van der Waals surface area contributed by atoms with Gasteiger partial charge in [0.1, 0.15) is 6.54 Å². The third-order valence-electron chi connectivity index (χ3n) is 1.40. The van der Waals surface area contributed by atoms with E-state index >= 15 is 0 Å². The number of rotatable bonds is 8. The molecule has 6 nitrogen and oxygen atoms in total. The fourth-order valence-electron chi connectivity index (χ4n) is 0.842. The van der Waals surface area contributed by atoms with Gasteiger partial charge in [0.05, 0.1) is 6.54 Å². The predicted molar refractivity (Wildman–Crippen MR) is 52.6 cm³/mol. The van der Waals surface area contributed by atoms with E-state index in [1.54, 1.807) is 0 Å². The number of hydrogen-bond acceptors (Lipinski definition) is 4. The van der Waals surface area contributed by atoms with Gasteiger partial charge in [-0.2, -0.15) is 10.1 Å². The van der Waals surface area contributed by atoms with Gasteiger partial charge in [-0.1, -0.05) is 19.1 Å². The number of nitrogens with one attached hydrogen (secondary N) is 1. The van der Waals surface area contributed by atoms with Crippen molar-refractivity contribution in [2.75, 3.05) is 19.6 Å². The summed E-state index contributed by atoms with van der Waals surface area (Å²) in [6, 6.07) is 0. The Kier molecular flexibility index (Phi) is 7.72. The zero-order chi connectivity index (χ0) is 10.8. The van der Waals surface area contributed by atoms with E-state index in [0.29, 0.717) is 13.1 Å². The molecule has 0 saturated heterocycles. The Morgan fingerprint density at radius 2 is 2.14 bits per heavy atom. The summed E-state index contributed by atoms with van der Waals surface area (Å²) in [4.78, 5) is 10.4. The van der Waals surface area contributed by atoms with E-state index in [-0.39, 0.29) is 6.54 Å². The quantitative estimate of drug-likeness (QED) is 0.456. The maximum absolute atomic E-state index is 10.4. The molecule has 0 aromatic heterocycles. The second-order valence-electron chi connectivity index (χ2n) is 2.88. The number of carbonyl (C=O) groups is 1. The summed E-state index contributed by atoms with van der Waals surface area (Å²) in [6.45, 7) is 5.19. The number of nitrogens with zero attached hydrogens (tertiary/aromatic N) is 3. The van der Waals surface area contributed by atoms with Gasteiger partial charge in [-0.25, -0.2) is 5.53 Å². The van der Waals surface area contributed by atoms with E-state index in [4.69, 9.17) is 5.11 Å². The molecule has 0 aliphatic rings. The monoisotopic (exact) mass is 202 g/mol. The van der Waals surface area contributed by atoms with Crippen molar-refractivity contribution in [1.29, 1.82) is 0 Å². The highest BCUT2D eigenvalue weighted by molar-refractivity contribution is 5.68. The van der Waals surface area contributed by atoms with Gasteiger partial charge < -0.3 is 5.11 Å². The second-order valence-corrected chi connectivity index (χ2v) is 2.88. The van der Waals surface area contributed by atoms with Crippen molar-refractivity contribution in [3.63, 3.8) is 0 Å². The molecule has 0 aromatic carbocycles. The zero-order valence-corrected chi connectivity index (χ0v) is 8.73. The normalized spacial score (nSPS) is 11.1. The van der Waals surface area contributed by atoms with Crippen molar-refractivity contribution in [2.45, 2.75) is 26.7 Å². The summed E-state index contributed by atoms with van der Waals surface area (Å²) in [5.74, 6) is -0.878. The Morgan fingerprint density at radius 3 is 2.64 bits per heavy atom. The first kappa shape index (κ1) is 12.8. The first-order valence-electron chi connectivity index (χ1n) is 4.79. The van der Waals surface area contributed by atoms with Gasteiger partial charge >= 0.3 is 5.97 Å². The summed E-state index contributed by atoms with van der Waals surface area (Å²) < 4.78 is 0. The van der Waals surface area contributed by atoms with Crippen molar-refractivity contribution in [3.05, 3.63) is 0 Å². The van der Waals surface area contributed by atoms with Crippen LogP contribution in [0.3, 0.4) is 0 Å². The fourth-order valence-corrected chi connectivity index (χ4v) is 0.842. The van der Waals surface area contributed by atoms with Crippen LogP contribution in [0.5, 0.6) is 0 Å². The Hall–Kier alpha value is -1.17. The van der Waals surface area contributed by atoms with Crippen LogP contribution < -0.4 is 5.53 Å². The smallest absolute Gasteiger partial charge is 0.319 e. The Morgan fingerprint density at radius 1 is 1.43 bits per heavy atom. The van der Waals surface area contributed by atoms with Crippen LogP contribution in [0.2, 0.25) is 0 Å². The van der Waals surface area contributed by atoms with Crippen molar-refractivity contribution >= 4 is 5.97 Å². The number of carboxylic acid groups (broad SMARTS) is 1. The van der Waals surface area contributed by atoms with Crippen LogP contribution in [0.4, 0.5) is 0 Å². The van der Waals surface area contributed by atoms with Crippen LogP contribution in [0.25, 0.3) is 0 Å². The number of carboxylic acids is 1. The Labute approximate surface area is 83.9 Å². The van der Waals surface area contributed by atoms with E-state index in [0.717, 1.165) is 12.8 Å². The maximum atomic E-state index is 10.4. The van der Waals surface area contributed by atoms with Crippen LogP contribution in [-0.2, 0) is 4.79 Å². The first-order valence-corrected chi connectivity index (χ1v) is 4.79. The lowest BCUT2D eigenvalue weighted by molar-refractivity contribution is -0.139. The topological polar surface area (TPSA) is 77.3 Å². The fraction of sp³-hybridized carbons (Fsp3) is 0.875. The molecule has 0 aliphatic heterocycles. The van der Waals surface area contributed by atoms with Crippen molar-refractivity contribution in [3.8, 4) is 0 Å². The van der Waals surface area contributed by atoms with Crippen LogP contribution in [0.15, 0.2) is 10.3 Å². The highest BCUT2D eigenvalue weighted by atomic mass is 16.4. The number of aliphatic carboxylic acids is 1. The summed E-state index contributed by atoms with van der Waals surface area (Å²) in [5, 5.41) is 17.5.